The van der Waals surface area contributed by atoms with Crippen molar-refractivity contribution in [3.63, 3.8) is 0 Å². The van der Waals surface area contributed by atoms with Crippen molar-refractivity contribution >= 4 is 17.5 Å². The Balaban J connectivity index is 1.55. The van der Waals surface area contributed by atoms with E-state index in [1.807, 2.05) is 6.07 Å². The number of hydrogen-bond donors (Lipinski definition) is 1. The Bertz CT molecular complexity index is 631. The van der Waals surface area contributed by atoms with E-state index in [-0.39, 0.29) is 24.1 Å². The van der Waals surface area contributed by atoms with E-state index < -0.39 is 0 Å². The first-order chi connectivity index (χ1) is 10.6. The van der Waals surface area contributed by atoms with E-state index in [9.17, 15) is 4.79 Å². The molecule has 3 aliphatic rings. The van der Waals surface area contributed by atoms with Crippen molar-refractivity contribution < 1.29 is 14.3 Å². The van der Waals surface area contributed by atoms with E-state index in [2.05, 4.69) is 15.2 Å². The maximum atomic E-state index is 11.5. The van der Waals surface area contributed by atoms with Gasteiger partial charge in [-0.3, -0.25) is 9.69 Å². The standard InChI is InChI=1S/C15H18ClN3O3/c1-21-14-13-9(4-11(16)17-14)2-3-10(13)19-6-15(7-19)8-22-5-12(20)18-15/h4,10H,2-3,5-8H2,1H3,(H,18,20)/t10-/m1/s1. The minimum atomic E-state index is -0.217. The average molecular weight is 324 g/mol. The lowest BCUT2D eigenvalue weighted by Gasteiger charge is -2.54. The van der Waals surface area contributed by atoms with Gasteiger partial charge in [0.25, 0.3) is 0 Å². The van der Waals surface area contributed by atoms with Gasteiger partial charge >= 0.3 is 0 Å². The van der Waals surface area contributed by atoms with Gasteiger partial charge in [-0.2, -0.15) is 0 Å². The number of nitrogens with zero attached hydrogens (tertiary/aromatic N) is 2. The van der Waals surface area contributed by atoms with E-state index in [1.54, 1.807) is 7.11 Å². The summed E-state index contributed by atoms with van der Waals surface area (Å²) in [5, 5.41) is 3.55. The summed E-state index contributed by atoms with van der Waals surface area (Å²) >= 11 is 6.05. The predicted molar refractivity (Wildman–Crippen MR) is 80.1 cm³/mol. The summed E-state index contributed by atoms with van der Waals surface area (Å²) in [6, 6.07) is 2.21. The molecule has 0 aromatic carbocycles. The lowest BCUT2D eigenvalue weighted by molar-refractivity contribution is -0.145. The molecule has 1 aromatic rings. The number of nitrogens with one attached hydrogen (secondary N) is 1. The lowest BCUT2D eigenvalue weighted by atomic mass is 9.87. The number of carbonyl (C=O) groups excluding carboxylic acids is 1. The van der Waals surface area contributed by atoms with Crippen LogP contribution < -0.4 is 10.1 Å². The molecule has 2 saturated heterocycles. The van der Waals surface area contributed by atoms with Crippen LogP contribution in [0.15, 0.2) is 6.07 Å². The van der Waals surface area contributed by atoms with Crippen molar-refractivity contribution in [1.29, 1.82) is 0 Å². The fourth-order valence-corrected chi connectivity index (χ4v) is 4.11. The van der Waals surface area contributed by atoms with Gasteiger partial charge in [-0.15, -0.1) is 0 Å². The van der Waals surface area contributed by atoms with Gasteiger partial charge in [-0.1, -0.05) is 11.6 Å². The van der Waals surface area contributed by atoms with Crippen molar-refractivity contribution in [2.75, 3.05) is 33.4 Å². The molecule has 1 atom stereocenters. The summed E-state index contributed by atoms with van der Waals surface area (Å²) < 4.78 is 10.8. The quantitative estimate of drug-likeness (QED) is 0.820. The van der Waals surface area contributed by atoms with Crippen LogP contribution in [0.25, 0.3) is 0 Å². The van der Waals surface area contributed by atoms with Crippen LogP contribution in [0, 0.1) is 0 Å². The molecular formula is C15H18ClN3O3. The minimum Gasteiger partial charge on any atom is -0.481 e. The van der Waals surface area contributed by atoms with Crippen LogP contribution in [0.3, 0.4) is 0 Å². The molecule has 0 bridgehead atoms. The molecule has 1 amide bonds. The van der Waals surface area contributed by atoms with Gasteiger partial charge in [0, 0.05) is 24.7 Å². The zero-order valence-corrected chi connectivity index (χ0v) is 13.2. The van der Waals surface area contributed by atoms with Crippen LogP contribution in [0.1, 0.15) is 23.6 Å². The highest BCUT2D eigenvalue weighted by Crippen LogP contribution is 2.44. The highest BCUT2D eigenvalue weighted by Gasteiger charge is 2.50. The molecule has 1 aliphatic carbocycles. The number of likely N-dealkylation sites (tertiary alicyclic amines) is 1. The Morgan fingerprint density at radius 3 is 3.09 bits per heavy atom. The van der Waals surface area contributed by atoms with E-state index in [0.29, 0.717) is 17.6 Å². The normalized spacial score (nSPS) is 26.5. The van der Waals surface area contributed by atoms with Crippen molar-refractivity contribution in [3.8, 4) is 5.88 Å². The fourth-order valence-electron chi connectivity index (χ4n) is 3.90. The molecule has 1 N–H and O–H groups in total. The van der Waals surface area contributed by atoms with Crippen LogP contribution in [0.5, 0.6) is 5.88 Å². The van der Waals surface area contributed by atoms with Crippen LogP contribution in [0.4, 0.5) is 0 Å². The monoisotopic (exact) mass is 323 g/mol. The number of morpholine rings is 1. The van der Waals surface area contributed by atoms with Crippen LogP contribution in [-0.2, 0) is 16.0 Å². The third kappa shape index (κ3) is 2.17. The summed E-state index contributed by atoms with van der Waals surface area (Å²) in [7, 11) is 1.63. The Morgan fingerprint density at radius 1 is 1.55 bits per heavy atom. The second-order valence-corrected chi connectivity index (χ2v) is 6.70. The molecule has 118 valence electrons. The van der Waals surface area contributed by atoms with Crippen LogP contribution in [-0.4, -0.2) is 54.7 Å². The molecule has 6 nitrogen and oxygen atoms in total. The fraction of sp³-hybridized carbons (Fsp3) is 0.600. The number of ether oxygens (including phenoxy) is 2. The molecule has 0 radical (unpaired) electrons. The molecule has 1 aromatic heterocycles. The van der Waals surface area contributed by atoms with Gasteiger partial charge in [-0.05, 0) is 24.5 Å². The number of rotatable bonds is 2. The summed E-state index contributed by atoms with van der Waals surface area (Å²) in [5.74, 6) is 0.596. The maximum absolute atomic E-state index is 11.5. The van der Waals surface area contributed by atoms with Gasteiger partial charge in [-0.25, -0.2) is 4.98 Å². The number of aryl methyl sites for hydroxylation is 1. The summed E-state index contributed by atoms with van der Waals surface area (Å²) in [6.45, 7) is 2.36. The molecule has 22 heavy (non-hydrogen) atoms. The van der Waals surface area contributed by atoms with Crippen molar-refractivity contribution in [1.82, 2.24) is 15.2 Å². The second kappa shape index (κ2) is 5.08. The Kier molecular flexibility index (Phi) is 3.29. The second-order valence-electron chi connectivity index (χ2n) is 6.31. The lowest BCUT2D eigenvalue weighted by Crippen LogP contribution is -2.74. The zero-order chi connectivity index (χ0) is 15.3. The number of carbonyl (C=O) groups is 1. The SMILES string of the molecule is COc1nc(Cl)cc2c1[C@H](N1CC3(COCC(=O)N3)C1)CC2. The predicted octanol–water partition coefficient (Wildman–Crippen LogP) is 0.932. The number of fused-ring (bicyclic) bond motifs is 1. The molecule has 3 heterocycles. The van der Waals surface area contributed by atoms with Gasteiger partial charge in [0.15, 0.2) is 0 Å². The zero-order valence-electron chi connectivity index (χ0n) is 12.4. The van der Waals surface area contributed by atoms with Crippen molar-refractivity contribution in [2.24, 2.45) is 0 Å². The van der Waals surface area contributed by atoms with Gasteiger partial charge in [0.05, 0.1) is 19.3 Å². The number of amides is 1. The maximum Gasteiger partial charge on any atom is 0.246 e. The Hall–Kier alpha value is -1.37. The van der Waals surface area contributed by atoms with Crippen LogP contribution >= 0.6 is 11.6 Å². The number of methoxy groups -OCH3 is 1. The molecule has 2 fully saturated rings. The smallest absolute Gasteiger partial charge is 0.246 e. The third-order valence-corrected chi connectivity index (χ3v) is 4.95. The van der Waals surface area contributed by atoms with Crippen molar-refractivity contribution in [3.05, 3.63) is 22.3 Å². The van der Waals surface area contributed by atoms with Crippen LogP contribution in [0.2, 0.25) is 5.15 Å². The molecule has 2 aliphatic heterocycles. The molecule has 7 heteroatoms. The van der Waals surface area contributed by atoms with Gasteiger partial charge in [0.2, 0.25) is 11.8 Å². The number of pyridine rings is 1. The molecule has 4 rings (SSSR count). The van der Waals surface area contributed by atoms with E-state index >= 15 is 0 Å². The Morgan fingerprint density at radius 2 is 2.36 bits per heavy atom. The van der Waals surface area contributed by atoms with E-state index in [4.69, 9.17) is 21.1 Å². The number of halogens is 1. The van der Waals surface area contributed by atoms with E-state index in [1.165, 1.54) is 5.56 Å². The first-order valence-electron chi connectivity index (χ1n) is 7.46. The summed E-state index contributed by atoms with van der Waals surface area (Å²) in [6.07, 6.45) is 2.00. The average Bonchev–Trinajstić information content (AvgIpc) is 2.87. The molecule has 0 saturated carbocycles. The highest BCUT2D eigenvalue weighted by atomic mass is 35.5. The Labute approximate surface area is 133 Å². The molecule has 1 spiro atoms. The summed E-state index contributed by atoms with van der Waals surface area (Å²) in [5.41, 5.74) is 2.14. The minimum absolute atomic E-state index is 0.0243. The number of aromatic nitrogens is 1. The summed E-state index contributed by atoms with van der Waals surface area (Å²) in [4.78, 5) is 18.2. The third-order valence-electron chi connectivity index (χ3n) is 4.76. The molecule has 0 unspecified atom stereocenters. The van der Waals surface area contributed by atoms with E-state index in [0.717, 1.165) is 31.5 Å². The van der Waals surface area contributed by atoms with Gasteiger partial charge < -0.3 is 14.8 Å². The van der Waals surface area contributed by atoms with Gasteiger partial charge in [0.1, 0.15) is 11.8 Å². The highest BCUT2D eigenvalue weighted by molar-refractivity contribution is 6.29. The molecular weight excluding hydrogens is 306 g/mol. The first-order valence-corrected chi connectivity index (χ1v) is 7.84. The number of hydrogen-bond acceptors (Lipinski definition) is 5. The largest absolute Gasteiger partial charge is 0.481 e. The first kappa shape index (κ1) is 14.2. The van der Waals surface area contributed by atoms with Crippen molar-refractivity contribution in [2.45, 2.75) is 24.4 Å². The topological polar surface area (TPSA) is 63.7 Å².